The van der Waals surface area contributed by atoms with Crippen molar-refractivity contribution in [1.29, 1.82) is 0 Å². The van der Waals surface area contributed by atoms with Crippen LogP contribution in [0.2, 0.25) is 0 Å². The number of rotatable bonds is 53. The Morgan fingerprint density at radius 3 is 1.04 bits per heavy atom. The minimum absolute atomic E-state index is 0.0789. The van der Waals surface area contributed by atoms with Gasteiger partial charge in [-0.05, 0) is 83.5 Å². The number of hydrogen-bond donors (Lipinski definition) is 3. The van der Waals surface area contributed by atoms with Crippen molar-refractivity contribution >= 4 is 5.91 Å². The van der Waals surface area contributed by atoms with Crippen molar-refractivity contribution < 1.29 is 15.0 Å². The number of unbranched alkanes of at least 4 members (excludes halogenated alkanes) is 34. The number of aliphatic hydroxyl groups excluding tert-OH is 2. The summed E-state index contributed by atoms with van der Waals surface area (Å²) in [6, 6.07) is -0.651. The first-order chi connectivity index (χ1) is 33.2. The molecule has 0 fully saturated rings. The summed E-state index contributed by atoms with van der Waals surface area (Å²) in [4.78, 5) is 12.5. The summed E-state index contributed by atoms with van der Waals surface area (Å²) >= 11 is 0. The Morgan fingerprint density at radius 2 is 0.672 bits per heavy atom. The third kappa shape index (κ3) is 54.4. The monoisotopic (exact) mass is 932 g/mol. The minimum atomic E-state index is -0.876. The predicted octanol–water partition coefficient (Wildman–Crippen LogP) is 19.5. The average molecular weight is 933 g/mol. The normalized spacial score (nSPS) is 13.4. The van der Waals surface area contributed by atoms with Crippen molar-refractivity contribution in [3.63, 3.8) is 0 Å². The van der Waals surface area contributed by atoms with E-state index in [2.05, 4.69) is 92.1 Å². The highest BCUT2D eigenvalue weighted by Gasteiger charge is 2.18. The largest absolute Gasteiger partial charge is 0.394 e. The van der Waals surface area contributed by atoms with E-state index in [1.807, 2.05) is 6.08 Å². The molecular formula is C63H113NO3. The van der Waals surface area contributed by atoms with Gasteiger partial charge in [0.05, 0.1) is 18.8 Å². The van der Waals surface area contributed by atoms with Crippen LogP contribution < -0.4 is 5.32 Å². The topological polar surface area (TPSA) is 69.6 Å². The molecule has 0 aliphatic carbocycles. The van der Waals surface area contributed by atoms with E-state index in [0.29, 0.717) is 6.42 Å². The molecule has 0 saturated carbocycles. The van der Waals surface area contributed by atoms with Gasteiger partial charge in [0, 0.05) is 6.42 Å². The Hall–Kier alpha value is -2.43. The zero-order valence-corrected chi connectivity index (χ0v) is 44.7. The molecule has 0 rings (SSSR count). The maximum absolute atomic E-state index is 12.5. The second kappa shape index (κ2) is 57.9. The van der Waals surface area contributed by atoms with Crippen LogP contribution in [-0.2, 0) is 4.79 Å². The molecule has 2 unspecified atom stereocenters. The standard InChI is InChI=1S/C63H113NO3/c1-3-5-7-9-11-13-15-17-19-21-23-25-27-29-31-33-34-36-38-40-42-44-46-48-50-52-54-56-58-62(66)61(60-65)64-63(67)59-57-55-53-51-49-47-45-43-41-39-37-35-32-30-28-26-24-22-20-18-16-14-12-10-8-6-4-2/h6,8,12,14,18,20,24,26,40,42,48,50,56,58,61-62,65-66H,3-5,7,9-11,13,15-17,19,21-23,25,27-39,41,43-47,49,51-55,57,59-60H2,1-2H3,(H,64,67)/b8-6-,14-12-,20-18-,26-24-,42-40+,50-48+,58-56+. The summed E-state index contributed by atoms with van der Waals surface area (Å²) in [5.74, 6) is -0.0789. The fourth-order valence-corrected chi connectivity index (χ4v) is 8.67. The summed E-state index contributed by atoms with van der Waals surface area (Å²) in [5, 5.41) is 23.2. The molecule has 0 spiro atoms. The van der Waals surface area contributed by atoms with Gasteiger partial charge in [-0.1, -0.05) is 285 Å². The average Bonchev–Trinajstić information content (AvgIpc) is 3.33. The summed E-state index contributed by atoms with van der Waals surface area (Å²) in [6.07, 6.45) is 84.7. The van der Waals surface area contributed by atoms with Crippen LogP contribution in [0.4, 0.5) is 0 Å². The lowest BCUT2D eigenvalue weighted by Crippen LogP contribution is -2.45. The number of amides is 1. The first-order valence-electron chi connectivity index (χ1n) is 29.3. The summed E-state index contributed by atoms with van der Waals surface area (Å²) in [7, 11) is 0. The molecule has 388 valence electrons. The predicted molar refractivity (Wildman–Crippen MR) is 299 cm³/mol. The molecule has 3 N–H and O–H groups in total. The Balaban J connectivity index is 3.56. The van der Waals surface area contributed by atoms with Crippen molar-refractivity contribution in [3.05, 3.63) is 85.1 Å². The first-order valence-corrected chi connectivity index (χ1v) is 29.3. The molecule has 0 saturated heterocycles. The second-order valence-corrected chi connectivity index (χ2v) is 19.7. The second-order valence-electron chi connectivity index (χ2n) is 19.7. The molecule has 0 aliphatic rings. The third-order valence-electron chi connectivity index (χ3n) is 13.1. The number of allylic oxidation sites excluding steroid dienone is 13. The van der Waals surface area contributed by atoms with Crippen LogP contribution >= 0.6 is 0 Å². The lowest BCUT2D eigenvalue weighted by atomic mass is 10.0. The van der Waals surface area contributed by atoms with Crippen molar-refractivity contribution in [2.24, 2.45) is 0 Å². The zero-order valence-electron chi connectivity index (χ0n) is 44.7. The third-order valence-corrected chi connectivity index (χ3v) is 13.1. The summed E-state index contributed by atoms with van der Waals surface area (Å²) < 4.78 is 0. The number of hydrogen-bond acceptors (Lipinski definition) is 3. The van der Waals surface area contributed by atoms with E-state index < -0.39 is 12.1 Å². The van der Waals surface area contributed by atoms with Crippen LogP contribution in [0.5, 0.6) is 0 Å². The highest BCUT2D eigenvalue weighted by molar-refractivity contribution is 5.76. The lowest BCUT2D eigenvalue weighted by molar-refractivity contribution is -0.123. The van der Waals surface area contributed by atoms with E-state index >= 15 is 0 Å². The van der Waals surface area contributed by atoms with Crippen LogP contribution in [-0.4, -0.2) is 34.9 Å². The molecule has 0 aliphatic heterocycles. The fourth-order valence-electron chi connectivity index (χ4n) is 8.67. The smallest absolute Gasteiger partial charge is 0.220 e. The molecule has 0 heterocycles. The van der Waals surface area contributed by atoms with Crippen LogP contribution in [0.3, 0.4) is 0 Å². The van der Waals surface area contributed by atoms with Crippen molar-refractivity contribution in [3.8, 4) is 0 Å². The molecule has 67 heavy (non-hydrogen) atoms. The maximum Gasteiger partial charge on any atom is 0.220 e. The lowest BCUT2D eigenvalue weighted by Gasteiger charge is -2.19. The molecule has 0 radical (unpaired) electrons. The molecule has 2 atom stereocenters. The Bertz CT molecular complexity index is 1190. The molecule has 0 aromatic heterocycles. The van der Waals surface area contributed by atoms with E-state index in [1.54, 1.807) is 6.08 Å². The van der Waals surface area contributed by atoms with Crippen LogP contribution in [0.25, 0.3) is 0 Å². The molecule has 1 amide bonds. The Labute approximate surface area is 418 Å². The van der Waals surface area contributed by atoms with Gasteiger partial charge in [-0.25, -0.2) is 0 Å². The Morgan fingerprint density at radius 1 is 0.373 bits per heavy atom. The minimum Gasteiger partial charge on any atom is -0.394 e. The highest BCUT2D eigenvalue weighted by atomic mass is 16.3. The van der Waals surface area contributed by atoms with Gasteiger partial charge in [0.2, 0.25) is 5.91 Å². The number of carbonyl (C=O) groups excluding carboxylic acids is 1. The van der Waals surface area contributed by atoms with Crippen LogP contribution in [0, 0.1) is 0 Å². The van der Waals surface area contributed by atoms with E-state index in [1.165, 1.54) is 205 Å². The fraction of sp³-hybridized carbons (Fsp3) is 0.762. The quantitative estimate of drug-likeness (QED) is 0.0420. The highest BCUT2D eigenvalue weighted by Crippen LogP contribution is 2.16. The van der Waals surface area contributed by atoms with Gasteiger partial charge in [0.1, 0.15) is 0 Å². The van der Waals surface area contributed by atoms with Gasteiger partial charge in [0.15, 0.2) is 0 Å². The van der Waals surface area contributed by atoms with E-state index in [4.69, 9.17) is 0 Å². The van der Waals surface area contributed by atoms with Gasteiger partial charge in [-0.2, -0.15) is 0 Å². The van der Waals surface area contributed by atoms with Gasteiger partial charge < -0.3 is 15.5 Å². The molecule has 0 aromatic carbocycles. The number of nitrogens with one attached hydrogen (secondary N) is 1. The van der Waals surface area contributed by atoms with Crippen LogP contribution in [0.15, 0.2) is 85.1 Å². The van der Waals surface area contributed by atoms with Crippen molar-refractivity contribution in [2.75, 3.05) is 6.61 Å². The maximum atomic E-state index is 12.5. The molecule has 0 aromatic rings. The van der Waals surface area contributed by atoms with E-state index in [9.17, 15) is 15.0 Å². The molecule has 4 nitrogen and oxygen atoms in total. The number of aliphatic hydroxyl groups is 2. The Kier molecular flexibility index (Phi) is 55.8. The van der Waals surface area contributed by atoms with Gasteiger partial charge in [-0.15, -0.1) is 0 Å². The molecular weight excluding hydrogens is 819 g/mol. The van der Waals surface area contributed by atoms with Gasteiger partial charge in [-0.3, -0.25) is 4.79 Å². The summed E-state index contributed by atoms with van der Waals surface area (Å²) in [5.41, 5.74) is 0. The molecule has 0 bridgehead atoms. The van der Waals surface area contributed by atoms with E-state index in [0.717, 1.165) is 64.2 Å². The zero-order chi connectivity index (χ0) is 48.5. The SMILES string of the molecule is CC/C=C\C/C=C\C/C=C\C/C=C\CCCCCCCCCCCCCCCCC(=O)NC(CO)C(O)/C=C/CC/C=C/CC/C=C/CCCCCCCCCCCCCCCCCCCC. The summed E-state index contributed by atoms with van der Waals surface area (Å²) in [6.45, 7) is 4.20. The van der Waals surface area contributed by atoms with Gasteiger partial charge in [0.25, 0.3) is 0 Å². The van der Waals surface area contributed by atoms with Crippen molar-refractivity contribution in [2.45, 2.75) is 302 Å². The number of carbonyl (C=O) groups is 1. The van der Waals surface area contributed by atoms with E-state index in [-0.39, 0.29) is 12.5 Å². The van der Waals surface area contributed by atoms with Crippen molar-refractivity contribution in [1.82, 2.24) is 5.32 Å². The molecule has 4 heteroatoms. The van der Waals surface area contributed by atoms with Crippen LogP contribution in [0.1, 0.15) is 290 Å². The van der Waals surface area contributed by atoms with Gasteiger partial charge >= 0.3 is 0 Å². The first kappa shape index (κ1) is 64.6.